The number of nitrogens with zero attached hydrogens (tertiary/aromatic N) is 1. The van der Waals surface area contributed by atoms with Crippen molar-refractivity contribution in [2.24, 2.45) is 5.92 Å². The fraction of sp³-hybridized carbons (Fsp3) is 1.00. The van der Waals surface area contributed by atoms with Crippen molar-refractivity contribution in [3.63, 3.8) is 0 Å². The maximum absolute atomic E-state index is 3.75. The molecule has 17 heavy (non-hydrogen) atoms. The van der Waals surface area contributed by atoms with E-state index in [1.807, 2.05) is 0 Å². The maximum Gasteiger partial charge on any atom is 0.0221 e. The zero-order chi connectivity index (χ0) is 12.5. The van der Waals surface area contributed by atoms with E-state index in [1.165, 1.54) is 45.2 Å². The molecule has 0 aromatic rings. The lowest BCUT2D eigenvalue weighted by Gasteiger charge is -2.49. The Morgan fingerprint density at radius 2 is 2.00 bits per heavy atom. The van der Waals surface area contributed by atoms with Crippen molar-refractivity contribution in [2.75, 3.05) is 13.1 Å². The zero-order valence-corrected chi connectivity index (χ0v) is 12.1. The van der Waals surface area contributed by atoms with E-state index in [0.717, 1.165) is 5.92 Å². The minimum Gasteiger partial charge on any atom is -0.311 e. The third-order valence-electron chi connectivity index (χ3n) is 5.31. The van der Waals surface area contributed by atoms with Gasteiger partial charge in [-0.05, 0) is 32.6 Å². The van der Waals surface area contributed by atoms with Crippen LogP contribution in [0.4, 0.5) is 0 Å². The summed E-state index contributed by atoms with van der Waals surface area (Å²) in [4.78, 5) is 2.81. The standard InChI is InChI=1S/C15H30N2/c1-5-12(2)14-11-17(13(3)10-16-14)15(4)8-6-7-9-15/h12-14,16H,5-11H2,1-4H3. The molecule has 1 aliphatic carbocycles. The number of hydrogen-bond donors (Lipinski definition) is 1. The van der Waals surface area contributed by atoms with Gasteiger partial charge >= 0.3 is 0 Å². The second-order valence-corrected chi connectivity index (χ2v) is 6.61. The fourth-order valence-corrected chi connectivity index (χ4v) is 3.73. The Kier molecular flexibility index (Phi) is 4.14. The monoisotopic (exact) mass is 238 g/mol. The van der Waals surface area contributed by atoms with Crippen LogP contribution in [0.15, 0.2) is 0 Å². The summed E-state index contributed by atoms with van der Waals surface area (Å²) in [6.45, 7) is 12.0. The van der Waals surface area contributed by atoms with E-state index in [2.05, 4.69) is 37.9 Å². The van der Waals surface area contributed by atoms with Gasteiger partial charge in [-0.3, -0.25) is 4.90 Å². The number of nitrogens with one attached hydrogen (secondary N) is 1. The van der Waals surface area contributed by atoms with Gasteiger partial charge in [0.25, 0.3) is 0 Å². The summed E-state index contributed by atoms with van der Waals surface area (Å²) in [5.41, 5.74) is 0.493. The van der Waals surface area contributed by atoms with E-state index in [9.17, 15) is 0 Å². The van der Waals surface area contributed by atoms with Gasteiger partial charge in [0.05, 0.1) is 0 Å². The van der Waals surface area contributed by atoms with Gasteiger partial charge in [0.15, 0.2) is 0 Å². The first-order valence-electron chi connectivity index (χ1n) is 7.57. The smallest absolute Gasteiger partial charge is 0.0221 e. The topological polar surface area (TPSA) is 15.3 Å². The molecule has 1 heterocycles. The molecule has 3 unspecified atom stereocenters. The van der Waals surface area contributed by atoms with Gasteiger partial charge in [-0.15, -0.1) is 0 Å². The zero-order valence-electron chi connectivity index (χ0n) is 12.1. The Morgan fingerprint density at radius 1 is 1.35 bits per heavy atom. The molecule has 0 aromatic heterocycles. The van der Waals surface area contributed by atoms with Crippen LogP contribution in [0.1, 0.15) is 59.8 Å². The fourth-order valence-electron chi connectivity index (χ4n) is 3.73. The highest BCUT2D eigenvalue weighted by molar-refractivity contribution is 4.98. The number of piperazine rings is 1. The molecule has 0 spiro atoms. The van der Waals surface area contributed by atoms with Crippen molar-refractivity contribution in [2.45, 2.75) is 77.4 Å². The van der Waals surface area contributed by atoms with Gasteiger partial charge in [0.1, 0.15) is 0 Å². The second kappa shape index (κ2) is 5.27. The van der Waals surface area contributed by atoms with Crippen LogP contribution in [0.5, 0.6) is 0 Å². The number of rotatable bonds is 3. The predicted octanol–water partition coefficient (Wildman–Crippen LogP) is 3.03. The van der Waals surface area contributed by atoms with Gasteiger partial charge in [-0.2, -0.15) is 0 Å². The normalized spacial score (nSPS) is 36.0. The minimum absolute atomic E-state index is 0.493. The summed E-state index contributed by atoms with van der Waals surface area (Å²) in [5.74, 6) is 0.801. The van der Waals surface area contributed by atoms with Crippen LogP contribution in [0.2, 0.25) is 0 Å². The molecule has 0 radical (unpaired) electrons. The van der Waals surface area contributed by atoms with Crippen LogP contribution < -0.4 is 5.32 Å². The molecule has 1 saturated carbocycles. The Morgan fingerprint density at radius 3 is 2.59 bits per heavy atom. The highest BCUT2D eigenvalue weighted by Crippen LogP contribution is 2.37. The first-order valence-corrected chi connectivity index (χ1v) is 7.57. The lowest BCUT2D eigenvalue weighted by Crippen LogP contribution is -2.63. The van der Waals surface area contributed by atoms with Gasteiger partial charge in [-0.25, -0.2) is 0 Å². The molecule has 0 amide bonds. The van der Waals surface area contributed by atoms with Crippen molar-refractivity contribution >= 4 is 0 Å². The van der Waals surface area contributed by atoms with E-state index >= 15 is 0 Å². The van der Waals surface area contributed by atoms with Crippen LogP contribution in [0.3, 0.4) is 0 Å². The van der Waals surface area contributed by atoms with Crippen molar-refractivity contribution in [3.8, 4) is 0 Å². The minimum atomic E-state index is 0.493. The first kappa shape index (κ1) is 13.4. The largest absolute Gasteiger partial charge is 0.311 e. The molecule has 2 fully saturated rings. The average Bonchev–Trinajstić information content (AvgIpc) is 2.76. The molecule has 0 aromatic carbocycles. The van der Waals surface area contributed by atoms with Crippen molar-refractivity contribution < 1.29 is 0 Å². The maximum atomic E-state index is 3.75. The molecule has 1 saturated heterocycles. The summed E-state index contributed by atoms with van der Waals surface area (Å²) < 4.78 is 0. The molecule has 2 rings (SSSR count). The summed E-state index contributed by atoms with van der Waals surface area (Å²) >= 11 is 0. The lowest BCUT2D eigenvalue weighted by atomic mass is 9.89. The van der Waals surface area contributed by atoms with Crippen molar-refractivity contribution in [1.82, 2.24) is 10.2 Å². The first-order chi connectivity index (χ1) is 8.07. The Hall–Kier alpha value is -0.0800. The van der Waals surface area contributed by atoms with E-state index in [4.69, 9.17) is 0 Å². The molecule has 1 N–H and O–H groups in total. The molecule has 100 valence electrons. The van der Waals surface area contributed by atoms with E-state index in [1.54, 1.807) is 0 Å². The molecular weight excluding hydrogens is 208 g/mol. The molecule has 2 aliphatic rings. The van der Waals surface area contributed by atoms with E-state index < -0.39 is 0 Å². The molecule has 0 bridgehead atoms. The lowest BCUT2D eigenvalue weighted by molar-refractivity contribution is 0.0208. The third-order valence-corrected chi connectivity index (χ3v) is 5.31. The third kappa shape index (κ3) is 2.68. The van der Waals surface area contributed by atoms with Crippen LogP contribution in [-0.2, 0) is 0 Å². The highest BCUT2D eigenvalue weighted by atomic mass is 15.3. The summed E-state index contributed by atoms with van der Waals surface area (Å²) in [7, 11) is 0. The SMILES string of the molecule is CCC(C)C1CN(C2(C)CCCC2)C(C)CN1. The van der Waals surface area contributed by atoms with E-state index in [-0.39, 0.29) is 0 Å². The van der Waals surface area contributed by atoms with Gasteiger partial charge < -0.3 is 5.32 Å². The van der Waals surface area contributed by atoms with Crippen molar-refractivity contribution in [3.05, 3.63) is 0 Å². The summed E-state index contributed by atoms with van der Waals surface area (Å²) in [6, 6.07) is 1.41. The van der Waals surface area contributed by atoms with Gasteiger partial charge in [0.2, 0.25) is 0 Å². The molecule has 3 atom stereocenters. The van der Waals surface area contributed by atoms with Crippen LogP contribution in [0, 0.1) is 5.92 Å². The molecule has 2 heteroatoms. The molecular formula is C15H30N2. The van der Waals surface area contributed by atoms with Crippen molar-refractivity contribution in [1.29, 1.82) is 0 Å². The Balaban J connectivity index is 2.04. The highest BCUT2D eigenvalue weighted by Gasteiger charge is 2.40. The van der Waals surface area contributed by atoms with E-state index in [0.29, 0.717) is 17.6 Å². The summed E-state index contributed by atoms with van der Waals surface area (Å²) in [6.07, 6.45) is 6.97. The Labute approximate surface area is 107 Å². The Bertz CT molecular complexity index is 245. The summed E-state index contributed by atoms with van der Waals surface area (Å²) in [5, 5.41) is 3.75. The quantitative estimate of drug-likeness (QED) is 0.813. The predicted molar refractivity (Wildman–Crippen MR) is 74.3 cm³/mol. The van der Waals surface area contributed by atoms with Crippen LogP contribution in [-0.4, -0.2) is 35.6 Å². The number of hydrogen-bond acceptors (Lipinski definition) is 2. The van der Waals surface area contributed by atoms with Gasteiger partial charge in [0, 0.05) is 30.7 Å². The second-order valence-electron chi connectivity index (χ2n) is 6.61. The van der Waals surface area contributed by atoms with Gasteiger partial charge in [-0.1, -0.05) is 33.1 Å². The average molecular weight is 238 g/mol. The van der Waals surface area contributed by atoms with Crippen LogP contribution >= 0.6 is 0 Å². The molecule has 1 aliphatic heterocycles. The molecule has 2 nitrogen and oxygen atoms in total. The van der Waals surface area contributed by atoms with Crippen LogP contribution in [0.25, 0.3) is 0 Å².